The van der Waals surface area contributed by atoms with Crippen molar-refractivity contribution in [3.05, 3.63) is 36.4 Å². The van der Waals surface area contributed by atoms with E-state index in [0.29, 0.717) is 6.42 Å². The molecule has 94 valence electrons. The van der Waals surface area contributed by atoms with Crippen molar-refractivity contribution in [2.45, 2.75) is 11.3 Å². The predicted octanol–water partition coefficient (Wildman–Crippen LogP) is 1.40. The molecule has 4 nitrogen and oxygen atoms in total. The van der Waals surface area contributed by atoms with Crippen LogP contribution in [0.3, 0.4) is 0 Å². The van der Waals surface area contributed by atoms with Gasteiger partial charge in [-0.15, -0.1) is 6.58 Å². The first-order chi connectivity index (χ1) is 7.88. The van der Waals surface area contributed by atoms with Crippen LogP contribution in [0, 0.1) is 11.6 Å². The first kappa shape index (κ1) is 13.6. The summed E-state index contributed by atoms with van der Waals surface area (Å²) in [5, 5.41) is 0. The molecule has 0 radical (unpaired) electrons. The van der Waals surface area contributed by atoms with Gasteiger partial charge in [-0.3, -0.25) is 0 Å². The van der Waals surface area contributed by atoms with Gasteiger partial charge in [-0.05, 0) is 18.6 Å². The number of benzene rings is 1. The highest BCUT2D eigenvalue weighted by atomic mass is 32.2. The molecule has 0 aliphatic heterocycles. The van der Waals surface area contributed by atoms with E-state index in [4.69, 9.17) is 5.73 Å². The summed E-state index contributed by atoms with van der Waals surface area (Å²) in [7, 11) is -4.21. The number of hydrogen-bond donors (Lipinski definition) is 2. The summed E-state index contributed by atoms with van der Waals surface area (Å²) < 4.78 is 52.0. The Morgan fingerprint density at radius 2 is 1.88 bits per heavy atom. The summed E-state index contributed by atoms with van der Waals surface area (Å²) >= 11 is 0. The van der Waals surface area contributed by atoms with Crippen LogP contribution < -0.4 is 10.5 Å². The van der Waals surface area contributed by atoms with Crippen molar-refractivity contribution in [2.24, 2.45) is 0 Å². The van der Waals surface area contributed by atoms with Crippen molar-refractivity contribution in [2.75, 3.05) is 12.3 Å². The third-order valence-electron chi connectivity index (χ3n) is 1.93. The third kappa shape index (κ3) is 3.24. The van der Waals surface area contributed by atoms with Crippen LogP contribution >= 0.6 is 0 Å². The second-order valence-corrected chi connectivity index (χ2v) is 4.99. The molecule has 0 unspecified atom stereocenters. The maximum atomic E-state index is 13.4. The van der Waals surface area contributed by atoms with Crippen LogP contribution in [0.15, 0.2) is 29.7 Å². The molecule has 0 saturated heterocycles. The molecule has 7 heteroatoms. The first-order valence-corrected chi connectivity index (χ1v) is 6.22. The topological polar surface area (TPSA) is 72.2 Å². The summed E-state index contributed by atoms with van der Waals surface area (Å²) in [6.07, 6.45) is 1.84. The molecular formula is C10H12F2N2O2S. The largest absolute Gasteiger partial charge is 0.399 e. The van der Waals surface area contributed by atoms with Gasteiger partial charge in [0, 0.05) is 12.2 Å². The van der Waals surface area contributed by atoms with Gasteiger partial charge < -0.3 is 5.73 Å². The SMILES string of the molecule is C=CCCNS(=O)(=O)c1c(F)cc(N)cc1F. The van der Waals surface area contributed by atoms with Gasteiger partial charge in [-0.2, -0.15) is 0 Å². The molecule has 0 atom stereocenters. The highest BCUT2D eigenvalue weighted by Crippen LogP contribution is 2.21. The van der Waals surface area contributed by atoms with Gasteiger partial charge in [0.1, 0.15) is 11.6 Å². The van der Waals surface area contributed by atoms with E-state index in [-0.39, 0.29) is 12.2 Å². The van der Waals surface area contributed by atoms with Crippen LogP contribution in [-0.4, -0.2) is 15.0 Å². The molecule has 1 rings (SSSR count). The van der Waals surface area contributed by atoms with E-state index in [1.165, 1.54) is 6.08 Å². The quantitative estimate of drug-likeness (QED) is 0.478. The van der Waals surface area contributed by atoms with Crippen molar-refractivity contribution in [3.8, 4) is 0 Å². The Balaban J connectivity index is 3.11. The van der Waals surface area contributed by atoms with E-state index in [2.05, 4.69) is 11.3 Å². The van der Waals surface area contributed by atoms with E-state index >= 15 is 0 Å². The van der Waals surface area contributed by atoms with E-state index in [9.17, 15) is 17.2 Å². The number of sulfonamides is 1. The molecule has 0 amide bonds. The average molecular weight is 262 g/mol. The van der Waals surface area contributed by atoms with Crippen molar-refractivity contribution in [3.63, 3.8) is 0 Å². The smallest absolute Gasteiger partial charge is 0.246 e. The zero-order valence-electron chi connectivity index (χ0n) is 8.91. The van der Waals surface area contributed by atoms with Gasteiger partial charge >= 0.3 is 0 Å². The second kappa shape index (κ2) is 5.24. The predicted molar refractivity (Wildman–Crippen MR) is 60.8 cm³/mol. The van der Waals surface area contributed by atoms with Gasteiger partial charge in [-0.25, -0.2) is 21.9 Å². The van der Waals surface area contributed by atoms with Crippen LogP contribution in [0.2, 0.25) is 0 Å². The fourth-order valence-electron chi connectivity index (χ4n) is 1.20. The highest BCUT2D eigenvalue weighted by molar-refractivity contribution is 7.89. The summed E-state index contributed by atoms with van der Waals surface area (Å²) in [4.78, 5) is -1.02. The van der Waals surface area contributed by atoms with Crippen molar-refractivity contribution in [1.82, 2.24) is 4.72 Å². The zero-order valence-corrected chi connectivity index (χ0v) is 9.73. The van der Waals surface area contributed by atoms with E-state index in [0.717, 1.165) is 12.1 Å². The molecule has 1 aromatic rings. The molecule has 0 fully saturated rings. The fraction of sp³-hybridized carbons (Fsp3) is 0.200. The number of nitrogens with one attached hydrogen (secondary N) is 1. The molecule has 0 bridgehead atoms. The van der Waals surface area contributed by atoms with E-state index in [1.807, 2.05) is 0 Å². The van der Waals surface area contributed by atoms with Gasteiger partial charge in [0.05, 0.1) is 0 Å². The fourth-order valence-corrected chi connectivity index (χ4v) is 2.37. The number of nitrogens with two attached hydrogens (primary N) is 1. The molecule has 0 spiro atoms. The molecular weight excluding hydrogens is 250 g/mol. The van der Waals surface area contributed by atoms with E-state index in [1.54, 1.807) is 0 Å². The van der Waals surface area contributed by atoms with E-state index < -0.39 is 26.6 Å². The summed E-state index contributed by atoms with van der Waals surface area (Å²) in [5.41, 5.74) is 5.01. The lowest BCUT2D eigenvalue weighted by Crippen LogP contribution is -2.26. The van der Waals surface area contributed by atoms with Crippen LogP contribution in [0.25, 0.3) is 0 Å². The van der Waals surface area contributed by atoms with Crippen molar-refractivity contribution < 1.29 is 17.2 Å². The molecule has 0 aliphatic rings. The summed E-state index contributed by atoms with van der Waals surface area (Å²) in [6, 6.07) is 1.51. The van der Waals surface area contributed by atoms with Crippen molar-refractivity contribution in [1.29, 1.82) is 0 Å². The highest BCUT2D eigenvalue weighted by Gasteiger charge is 2.23. The Hall–Kier alpha value is -1.47. The van der Waals surface area contributed by atoms with Gasteiger partial charge in [0.2, 0.25) is 10.0 Å². The molecule has 0 aliphatic carbocycles. The number of anilines is 1. The minimum absolute atomic E-state index is 0.0229. The Bertz CT molecular complexity index is 506. The Kier molecular flexibility index (Phi) is 4.19. The maximum absolute atomic E-state index is 13.4. The molecule has 0 heterocycles. The minimum atomic E-state index is -4.21. The van der Waals surface area contributed by atoms with Gasteiger partial charge in [0.25, 0.3) is 0 Å². The lowest BCUT2D eigenvalue weighted by Gasteiger charge is -2.08. The monoisotopic (exact) mass is 262 g/mol. The van der Waals surface area contributed by atoms with Gasteiger partial charge in [-0.1, -0.05) is 6.08 Å². The van der Waals surface area contributed by atoms with Crippen molar-refractivity contribution >= 4 is 15.7 Å². The number of halogens is 2. The molecule has 3 N–H and O–H groups in total. The van der Waals surface area contributed by atoms with Crippen LogP contribution in [0.5, 0.6) is 0 Å². The second-order valence-electron chi connectivity index (χ2n) is 3.29. The standard InChI is InChI=1S/C10H12F2N2O2S/c1-2-3-4-14-17(15,16)10-8(11)5-7(13)6-9(10)12/h2,5-6,14H,1,3-4,13H2. The Morgan fingerprint density at radius 1 is 1.35 bits per heavy atom. The number of hydrogen-bond acceptors (Lipinski definition) is 3. The van der Waals surface area contributed by atoms with Crippen LogP contribution in [-0.2, 0) is 10.0 Å². The zero-order chi connectivity index (χ0) is 13.1. The third-order valence-corrected chi connectivity index (χ3v) is 3.44. The first-order valence-electron chi connectivity index (χ1n) is 4.73. The lowest BCUT2D eigenvalue weighted by molar-refractivity contribution is 0.515. The van der Waals surface area contributed by atoms with Gasteiger partial charge in [0.15, 0.2) is 4.90 Å². The summed E-state index contributed by atoms with van der Waals surface area (Å²) in [5.74, 6) is -2.43. The molecule has 0 aromatic heterocycles. The lowest BCUT2D eigenvalue weighted by atomic mass is 10.3. The van der Waals surface area contributed by atoms with Crippen LogP contribution in [0.1, 0.15) is 6.42 Å². The molecule has 1 aromatic carbocycles. The molecule has 17 heavy (non-hydrogen) atoms. The number of nitrogen functional groups attached to an aromatic ring is 1. The maximum Gasteiger partial charge on any atom is 0.246 e. The van der Waals surface area contributed by atoms with Crippen LogP contribution in [0.4, 0.5) is 14.5 Å². The Morgan fingerprint density at radius 3 is 2.35 bits per heavy atom. The minimum Gasteiger partial charge on any atom is -0.399 e. The normalized spacial score (nSPS) is 11.4. The number of rotatable bonds is 5. The summed E-state index contributed by atoms with van der Waals surface area (Å²) in [6.45, 7) is 3.42. The Labute approximate surface area is 98.2 Å². The average Bonchev–Trinajstić information content (AvgIpc) is 2.15. The molecule has 0 saturated carbocycles.